The molecule has 0 unspecified atom stereocenters. The Morgan fingerprint density at radius 3 is 2.86 bits per heavy atom. The van der Waals surface area contributed by atoms with Crippen LogP contribution in [-0.4, -0.2) is 33.1 Å². The summed E-state index contributed by atoms with van der Waals surface area (Å²) in [7, 11) is 1.67. The average Bonchev–Trinajstić information content (AvgIpc) is 3.02. The Morgan fingerprint density at radius 2 is 2.09 bits per heavy atom. The molecule has 1 heterocycles. The second-order valence-corrected chi connectivity index (χ2v) is 6.85. The summed E-state index contributed by atoms with van der Waals surface area (Å²) in [6, 6.07) is 6.04. The van der Waals surface area contributed by atoms with Crippen LogP contribution >= 0.6 is 11.8 Å². The molecule has 0 saturated heterocycles. The lowest BCUT2D eigenvalue weighted by Gasteiger charge is -2.20. The van der Waals surface area contributed by atoms with Crippen LogP contribution in [0.3, 0.4) is 0 Å². The van der Waals surface area contributed by atoms with Gasteiger partial charge in [0.2, 0.25) is 5.16 Å². The smallest absolute Gasteiger partial charge is 0.214 e. The molecule has 1 aromatic heterocycles. The molecule has 0 spiro atoms. The van der Waals surface area contributed by atoms with Crippen LogP contribution in [0, 0.1) is 12.8 Å². The molecular formula is C16H22N4OS. The van der Waals surface area contributed by atoms with E-state index in [9.17, 15) is 0 Å². The molecule has 6 heteroatoms. The first-order valence-corrected chi connectivity index (χ1v) is 8.82. The number of hydrogen-bond acceptors (Lipinski definition) is 5. The molecule has 22 heavy (non-hydrogen) atoms. The molecule has 1 aromatic carbocycles. The predicted octanol–water partition coefficient (Wildman–Crippen LogP) is 3.65. The van der Waals surface area contributed by atoms with E-state index >= 15 is 0 Å². The summed E-state index contributed by atoms with van der Waals surface area (Å²) in [5.74, 6) is 2.68. The highest BCUT2D eigenvalue weighted by Crippen LogP contribution is 2.31. The van der Waals surface area contributed by atoms with Crippen LogP contribution in [-0.2, 0) is 0 Å². The summed E-state index contributed by atoms with van der Waals surface area (Å²) in [6.07, 6.45) is 6.79. The van der Waals surface area contributed by atoms with Crippen molar-refractivity contribution in [3.63, 3.8) is 0 Å². The Morgan fingerprint density at radius 1 is 1.27 bits per heavy atom. The van der Waals surface area contributed by atoms with Crippen molar-refractivity contribution in [1.29, 1.82) is 0 Å². The van der Waals surface area contributed by atoms with Gasteiger partial charge in [-0.1, -0.05) is 37.1 Å². The SMILES string of the molecule is COc1ccc(C)cc1-n1nnnc1SCC1CCCCC1. The third kappa shape index (κ3) is 3.43. The van der Waals surface area contributed by atoms with E-state index in [0.29, 0.717) is 0 Å². The maximum absolute atomic E-state index is 5.45. The van der Waals surface area contributed by atoms with Crippen molar-refractivity contribution in [3.05, 3.63) is 23.8 Å². The first-order chi connectivity index (χ1) is 10.8. The Bertz CT molecular complexity index is 622. The van der Waals surface area contributed by atoms with Gasteiger partial charge in [0.15, 0.2) is 0 Å². The van der Waals surface area contributed by atoms with Gasteiger partial charge in [-0.15, -0.1) is 5.10 Å². The zero-order chi connectivity index (χ0) is 15.4. The van der Waals surface area contributed by atoms with E-state index in [1.807, 2.05) is 12.1 Å². The summed E-state index contributed by atoms with van der Waals surface area (Å²) in [5, 5.41) is 13.0. The fourth-order valence-corrected chi connectivity index (χ4v) is 4.00. The lowest BCUT2D eigenvalue weighted by atomic mass is 9.91. The van der Waals surface area contributed by atoms with Crippen LogP contribution in [0.2, 0.25) is 0 Å². The minimum absolute atomic E-state index is 0.789. The quantitative estimate of drug-likeness (QED) is 0.788. The summed E-state index contributed by atoms with van der Waals surface area (Å²) in [5.41, 5.74) is 2.06. The van der Waals surface area contributed by atoms with Crippen LogP contribution in [0.1, 0.15) is 37.7 Å². The summed E-state index contributed by atoms with van der Waals surface area (Å²) >= 11 is 1.75. The molecule has 0 atom stereocenters. The number of methoxy groups -OCH3 is 1. The molecule has 0 radical (unpaired) electrons. The number of thioether (sulfide) groups is 1. The van der Waals surface area contributed by atoms with E-state index in [-0.39, 0.29) is 0 Å². The third-order valence-corrected chi connectivity index (χ3v) is 5.33. The molecule has 1 aliphatic carbocycles. The Labute approximate surface area is 135 Å². The monoisotopic (exact) mass is 318 g/mol. The van der Waals surface area contributed by atoms with Gasteiger partial charge in [-0.2, -0.15) is 4.68 Å². The van der Waals surface area contributed by atoms with E-state index in [1.165, 1.54) is 32.1 Å². The number of ether oxygens (including phenoxy) is 1. The normalized spacial score (nSPS) is 15.9. The van der Waals surface area contributed by atoms with Gasteiger partial charge in [0.25, 0.3) is 0 Å². The van der Waals surface area contributed by atoms with Crippen LogP contribution in [0.4, 0.5) is 0 Å². The average molecular weight is 318 g/mol. The van der Waals surface area contributed by atoms with Gasteiger partial charge < -0.3 is 4.74 Å². The molecule has 5 nitrogen and oxygen atoms in total. The second-order valence-electron chi connectivity index (χ2n) is 5.86. The number of nitrogens with zero attached hydrogens (tertiary/aromatic N) is 4. The Kier molecular flexibility index (Phi) is 4.97. The molecule has 0 aliphatic heterocycles. The molecule has 0 bridgehead atoms. The van der Waals surface area contributed by atoms with Crippen molar-refractivity contribution < 1.29 is 4.74 Å². The van der Waals surface area contributed by atoms with Crippen molar-refractivity contribution >= 4 is 11.8 Å². The molecule has 0 amide bonds. The number of rotatable bonds is 5. The minimum atomic E-state index is 0.789. The zero-order valence-electron chi connectivity index (χ0n) is 13.2. The van der Waals surface area contributed by atoms with Gasteiger partial charge >= 0.3 is 0 Å². The first-order valence-electron chi connectivity index (χ1n) is 7.84. The summed E-state index contributed by atoms with van der Waals surface area (Å²) in [4.78, 5) is 0. The third-order valence-electron chi connectivity index (χ3n) is 4.18. The molecule has 1 fully saturated rings. The fraction of sp³-hybridized carbons (Fsp3) is 0.562. The second kappa shape index (κ2) is 7.13. The molecular weight excluding hydrogens is 296 g/mol. The van der Waals surface area contributed by atoms with Gasteiger partial charge in [0, 0.05) is 5.75 Å². The number of hydrogen-bond donors (Lipinski definition) is 0. The first kappa shape index (κ1) is 15.3. The van der Waals surface area contributed by atoms with Crippen LogP contribution < -0.4 is 4.74 Å². The van der Waals surface area contributed by atoms with Crippen LogP contribution in [0.15, 0.2) is 23.4 Å². The van der Waals surface area contributed by atoms with E-state index in [2.05, 4.69) is 28.5 Å². The van der Waals surface area contributed by atoms with Gasteiger partial charge in [-0.25, -0.2) is 0 Å². The van der Waals surface area contributed by atoms with Gasteiger partial charge in [-0.05, 0) is 53.8 Å². The van der Waals surface area contributed by atoms with Crippen molar-refractivity contribution in [1.82, 2.24) is 20.2 Å². The Hall–Kier alpha value is -1.56. The highest BCUT2D eigenvalue weighted by molar-refractivity contribution is 7.99. The van der Waals surface area contributed by atoms with E-state index in [4.69, 9.17) is 4.74 Å². The lowest BCUT2D eigenvalue weighted by Crippen LogP contribution is -2.09. The van der Waals surface area contributed by atoms with Crippen molar-refractivity contribution in [2.24, 2.45) is 5.92 Å². The molecule has 1 saturated carbocycles. The topological polar surface area (TPSA) is 52.8 Å². The van der Waals surface area contributed by atoms with Gasteiger partial charge in [0.1, 0.15) is 11.4 Å². The molecule has 118 valence electrons. The standard InChI is InChI=1S/C16H22N4OS/c1-12-8-9-15(21-2)14(10-12)20-16(17-18-19-20)22-11-13-6-4-3-5-7-13/h8-10,13H,3-7,11H2,1-2H3. The zero-order valence-corrected chi connectivity index (χ0v) is 14.0. The maximum atomic E-state index is 5.45. The number of aromatic nitrogens is 4. The van der Waals surface area contributed by atoms with Crippen LogP contribution in [0.5, 0.6) is 5.75 Å². The number of tetrazole rings is 1. The summed E-state index contributed by atoms with van der Waals surface area (Å²) in [6.45, 7) is 2.06. The van der Waals surface area contributed by atoms with Crippen molar-refractivity contribution in [2.75, 3.05) is 12.9 Å². The molecule has 2 aromatic rings. The van der Waals surface area contributed by atoms with E-state index in [1.54, 1.807) is 23.6 Å². The molecule has 3 rings (SSSR count). The lowest BCUT2D eigenvalue weighted by molar-refractivity contribution is 0.390. The van der Waals surface area contributed by atoms with E-state index in [0.717, 1.165) is 33.8 Å². The molecule has 0 N–H and O–H groups in total. The minimum Gasteiger partial charge on any atom is -0.494 e. The fourth-order valence-electron chi connectivity index (χ4n) is 2.93. The largest absolute Gasteiger partial charge is 0.494 e. The number of aryl methyl sites for hydroxylation is 1. The van der Waals surface area contributed by atoms with Gasteiger partial charge in [0.05, 0.1) is 7.11 Å². The summed E-state index contributed by atoms with van der Waals surface area (Å²) < 4.78 is 7.24. The predicted molar refractivity (Wildman–Crippen MR) is 87.7 cm³/mol. The number of benzene rings is 1. The maximum Gasteiger partial charge on any atom is 0.214 e. The molecule has 1 aliphatic rings. The van der Waals surface area contributed by atoms with Gasteiger partial charge in [-0.3, -0.25) is 0 Å². The van der Waals surface area contributed by atoms with Crippen LogP contribution in [0.25, 0.3) is 5.69 Å². The highest BCUT2D eigenvalue weighted by Gasteiger charge is 2.18. The van der Waals surface area contributed by atoms with Crippen molar-refractivity contribution in [2.45, 2.75) is 44.2 Å². The van der Waals surface area contributed by atoms with E-state index < -0.39 is 0 Å². The Balaban J connectivity index is 1.78. The van der Waals surface area contributed by atoms with Crippen molar-refractivity contribution in [3.8, 4) is 11.4 Å². The highest BCUT2D eigenvalue weighted by atomic mass is 32.2.